The van der Waals surface area contributed by atoms with Gasteiger partial charge in [-0.2, -0.15) is 0 Å². The summed E-state index contributed by atoms with van der Waals surface area (Å²) in [6.45, 7) is 7.92. The summed E-state index contributed by atoms with van der Waals surface area (Å²) < 4.78 is 5.03. The van der Waals surface area contributed by atoms with E-state index < -0.39 is 0 Å². The largest absolute Gasteiger partial charge is 0.385 e. The molecule has 0 aromatic heterocycles. The maximum Gasteiger partial charge on any atom is 0.0462 e. The van der Waals surface area contributed by atoms with Gasteiger partial charge in [-0.1, -0.05) is 0 Å². The second kappa shape index (κ2) is 6.35. The van der Waals surface area contributed by atoms with Crippen molar-refractivity contribution >= 4 is 0 Å². The van der Waals surface area contributed by atoms with Gasteiger partial charge in [-0.25, -0.2) is 0 Å². The molecular weight excluding hydrogens is 164 g/mol. The molecule has 0 spiro atoms. The summed E-state index contributed by atoms with van der Waals surface area (Å²) in [7, 11) is 1.77. The summed E-state index contributed by atoms with van der Waals surface area (Å²) in [5.41, 5.74) is 0. The van der Waals surface area contributed by atoms with Crippen molar-refractivity contribution in [1.29, 1.82) is 0 Å². The molecule has 0 aromatic rings. The van der Waals surface area contributed by atoms with Crippen LogP contribution in [0.25, 0.3) is 0 Å². The number of hydrogen-bond donors (Lipinski definition) is 1. The molecule has 78 valence electrons. The zero-order chi connectivity index (χ0) is 9.52. The Morgan fingerprint density at radius 1 is 1.46 bits per heavy atom. The van der Waals surface area contributed by atoms with Crippen LogP contribution in [0, 0.1) is 0 Å². The fourth-order valence-electron chi connectivity index (χ4n) is 1.78. The Morgan fingerprint density at radius 2 is 2.31 bits per heavy atom. The predicted octanol–water partition coefficient (Wildman–Crippen LogP) is 0.707. The van der Waals surface area contributed by atoms with E-state index in [2.05, 4.69) is 17.1 Å². The molecule has 0 saturated carbocycles. The smallest absolute Gasteiger partial charge is 0.0462 e. The monoisotopic (exact) mass is 186 g/mol. The van der Waals surface area contributed by atoms with Gasteiger partial charge in [0.15, 0.2) is 0 Å². The lowest BCUT2D eigenvalue weighted by Crippen LogP contribution is -2.49. The fourth-order valence-corrected chi connectivity index (χ4v) is 1.78. The highest BCUT2D eigenvalue weighted by atomic mass is 16.5. The van der Waals surface area contributed by atoms with Crippen molar-refractivity contribution in [2.45, 2.75) is 25.8 Å². The molecule has 1 fully saturated rings. The summed E-state index contributed by atoms with van der Waals surface area (Å²) in [5.74, 6) is 0. The maximum atomic E-state index is 5.03. The average molecular weight is 186 g/mol. The van der Waals surface area contributed by atoms with Crippen molar-refractivity contribution in [3.05, 3.63) is 0 Å². The number of nitrogens with zero attached hydrogens (tertiary/aromatic N) is 1. The van der Waals surface area contributed by atoms with Gasteiger partial charge in [0.05, 0.1) is 0 Å². The Bertz CT molecular complexity index is 130. The van der Waals surface area contributed by atoms with E-state index in [0.717, 1.165) is 19.7 Å². The van der Waals surface area contributed by atoms with E-state index >= 15 is 0 Å². The highest BCUT2D eigenvalue weighted by Crippen LogP contribution is 2.04. The summed E-state index contributed by atoms with van der Waals surface area (Å²) in [5, 5.41) is 3.40. The minimum Gasteiger partial charge on any atom is -0.385 e. The standard InChI is InChI=1S/C10H22N2O/c1-10-9-11-5-7-12(10)6-3-4-8-13-2/h10-11H,3-9H2,1-2H3/t10-/m1/s1. The second-order valence-corrected chi connectivity index (χ2v) is 3.79. The zero-order valence-electron chi connectivity index (χ0n) is 8.88. The number of piperazine rings is 1. The maximum absolute atomic E-state index is 5.03. The minimum atomic E-state index is 0.705. The number of ether oxygens (including phenoxy) is 1. The lowest BCUT2D eigenvalue weighted by molar-refractivity contribution is 0.154. The molecule has 1 saturated heterocycles. The molecule has 3 heteroatoms. The Hall–Kier alpha value is -0.120. The van der Waals surface area contributed by atoms with Crippen molar-refractivity contribution in [2.75, 3.05) is 39.9 Å². The van der Waals surface area contributed by atoms with E-state index in [4.69, 9.17) is 4.74 Å². The lowest BCUT2D eigenvalue weighted by Gasteiger charge is -2.33. The van der Waals surface area contributed by atoms with Crippen LogP contribution in [0.1, 0.15) is 19.8 Å². The van der Waals surface area contributed by atoms with Gasteiger partial charge in [-0.15, -0.1) is 0 Å². The molecule has 1 atom stereocenters. The van der Waals surface area contributed by atoms with Crippen LogP contribution in [0.5, 0.6) is 0 Å². The predicted molar refractivity (Wildman–Crippen MR) is 55.0 cm³/mol. The number of rotatable bonds is 5. The second-order valence-electron chi connectivity index (χ2n) is 3.79. The fraction of sp³-hybridized carbons (Fsp3) is 1.00. The SMILES string of the molecule is COCCCCN1CCNC[C@H]1C. The first-order valence-corrected chi connectivity index (χ1v) is 5.28. The number of nitrogens with one attached hydrogen (secondary N) is 1. The molecule has 0 amide bonds. The number of methoxy groups -OCH3 is 1. The summed E-state index contributed by atoms with van der Waals surface area (Å²) in [6.07, 6.45) is 2.45. The number of hydrogen-bond acceptors (Lipinski definition) is 3. The van der Waals surface area contributed by atoms with Gasteiger partial charge < -0.3 is 10.1 Å². The molecule has 3 nitrogen and oxygen atoms in total. The summed E-state index contributed by atoms with van der Waals surface area (Å²) in [6, 6.07) is 0.705. The molecule has 1 rings (SSSR count). The molecule has 0 aliphatic carbocycles. The molecule has 0 bridgehead atoms. The first-order chi connectivity index (χ1) is 6.34. The first-order valence-electron chi connectivity index (χ1n) is 5.28. The Balaban J connectivity index is 2.05. The molecule has 13 heavy (non-hydrogen) atoms. The molecule has 1 aliphatic rings. The van der Waals surface area contributed by atoms with Crippen molar-refractivity contribution in [1.82, 2.24) is 10.2 Å². The molecule has 1 aliphatic heterocycles. The first kappa shape index (κ1) is 11.0. The topological polar surface area (TPSA) is 24.5 Å². The Kier molecular flexibility index (Phi) is 5.35. The normalized spacial score (nSPS) is 24.9. The third kappa shape index (κ3) is 4.07. The van der Waals surface area contributed by atoms with Crippen LogP contribution in [0.2, 0.25) is 0 Å². The van der Waals surface area contributed by atoms with Gasteiger partial charge in [0.1, 0.15) is 0 Å². The minimum absolute atomic E-state index is 0.705. The van der Waals surface area contributed by atoms with E-state index in [0.29, 0.717) is 6.04 Å². The van der Waals surface area contributed by atoms with Crippen LogP contribution in [-0.4, -0.2) is 50.8 Å². The highest BCUT2D eigenvalue weighted by Gasteiger charge is 2.16. The summed E-state index contributed by atoms with van der Waals surface area (Å²) >= 11 is 0. The van der Waals surface area contributed by atoms with Crippen LogP contribution in [0.4, 0.5) is 0 Å². The third-order valence-corrected chi connectivity index (χ3v) is 2.68. The van der Waals surface area contributed by atoms with Gasteiger partial charge in [0.25, 0.3) is 0 Å². The van der Waals surface area contributed by atoms with Crippen LogP contribution < -0.4 is 5.32 Å². The molecule has 1 N–H and O–H groups in total. The van der Waals surface area contributed by atoms with Gasteiger partial charge >= 0.3 is 0 Å². The van der Waals surface area contributed by atoms with Gasteiger partial charge in [-0.3, -0.25) is 4.90 Å². The summed E-state index contributed by atoms with van der Waals surface area (Å²) in [4.78, 5) is 2.56. The van der Waals surface area contributed by atoms with Crippen molar-refractivity contribution < 1.29 is 4.74 Å². The van der Waals surface area contributed by atoms with Crippen molar-refractivity contribution in [3.8, 4) is 0 Å². The van der Waals surface area contributed by atoms with E-state index in [-0.39, 0.29) is 0 Å². The van der Waals surface area contributed by atoms with Gasteiger partial charge in [0.2, 0.25) is 0 Å². The molecular formula is C10H22N2O. The molecule has 1 heterocycles. The van der Waals surface area contributed by atoms with Gasteiger partial charge in [0, 0.05) is 39.4 Å². The lowest BCUT2D eigenvalue weighted by atomic mass is 10.2. The average Bonchev–Trinajstić information content (AvgIpc) is 2.15. The number of unbranched alkanes of at least 4 members (excludes halogenated alkanes) is 1. The Morgan fingerprint density at radius 3 is 3.00 bits per heavy atom. The highest BCUT2D eigenvalue weighted by molar-refractivity contribution is 4.75. The van der Waals surface area contributed by atoms with Crippen LogP contribution >= 0.6 is 0 Å². The molecule has 0 aromatic carbocycles. The Labute approximate surface area is 81.4 Å². The van der Waals surface area contributed by atoms with Gasteiger partial charge in [-0.05, 0) is 26.3 Å². The van der Waals surface area contributed by atoms with Crippen molar-refractivity contribution in [3.63, 3.8) is 0 Å². The quantitative estimate of drug-likeness (QED) is 0.640. The van der Waals surface area contributed by atoms with E-state index in [1.54, 1.807) is 7.11 Å². The van der Waals surface area contributed by atoms with E-state index in [9.17, 15) is 0 Å². The van der Waals surface area contributed by atoms with Crippen LogP contribution in [0.15, 0.2) is 0 Å². The zero-order valence-corrected chi connectivity index (χ0v) is 8.88. The molecule has 0 unspecified atom stereocenters. The van der Waals surface area contributed by atoms with Crippen molar-refractivity contribution in [2.24, 2.45) is 0 Å². The molecule has 0 radical (unpaired) electrons. The van der Waals surface area contributed by atoms with E-state index in [1.807, 2.05) is 0 Å². The van der Waals surface area contributed by atoms with E-state index in [1.165, 1.54) is 25.9 Å². The van der Waals surface area contributed by atoms with Crippen LogP contribution in [0.3, 0.4) is 0 Å². The third-order valence-electron chi connectivity index (χ3n) is 2.68. The van der Waals surface area contributed by atoms with Crippen LogP contribution in [-0.2, 0) is 4.74 Å².